The summed E-state index contributed by atoms with van der Waals surface area (Å²) in [4.78, 5) is 0. The molecule has 7 nitrogen and oxygen atoms in total. The van der Waals surface area contributed by atoms with Crippen LogP contribution in [0.25, 0.3) is 0 Å². The number of unbranched alkanes of at least 4 members (excludes halogenated alkanes) is 5. The second-order valence-corrected chi connectivity index (χ2v) is 8.31. The van der Waals surface area contributed by atoms with Gasteiger partial charge in [-0.3, -0.25) is 9.36 Å². The maximum absolute atomic E-state index is 13.6. The molecule has 0 spiro atoms. The molecule has 0 bridgehead atoms. The van der Waals surface area contributed by atoms with E-state index in [9.17, 15) is 39.5 Å². The first kappa shape index (κ1) is 29.8. The number of nitrogens with zero attached hydrogens (tertiary/aromatic N) is 6. The normalized spacial score (nSPS) is 13.5. The molecule has 0 aliphatic heterocycles. The van der Waals surface area contributed by atoms with Crippen molar-refractivity contribution in [3.05, 3.63) is 23.8 Å². The summed E-state index contributed by atoms with van der Waals surface area (Å²) in [7, 11) is 0. The van der Waals surface area contributed by atoms with Crippen LogP contribution in [0.15, 0.2) is 12.4 Å². The van der Waals surface area contributed by atoms with E-state index < -0.39 is 36.9 Å². The number of aromatic nitrogens is 6. The fourth-order valence-electron chi connectivity index (χ4n) is 3.16. The molecular formula is C20H27F9N6O. The molecule has 0 atom stereocenters. The zero-order valence-electron chi connectivity index (χ0n) is 19.4. The smallest absolute Gasteiger partial charge is 0.369 e. The largest absolute Gasteiger partial charge is 0.460 e. The van der Waals surface area contributed by atoms with Crippen molar-refractivity contribution in [1.29, 1.82) is 0 Å². The Balaban J connectivity index is 1.78. The minimum atomic E-state index is -6.92. The zero-order chi connectivity index (χ0) is 27.0. The molecule has 206 valence electrons. The van der Waals surface area contributed by atoms with Crippen molar-refractivity contribution >= 4 is 0 Å². The van der Waals surface area contributed by atoms with Gasteiger partial charge in [-0.25, -0.2) is 0 Å². The van der Waals surface area contributed by atoms with E-state index in [-0.39, 0.29) is 18.9 Å². The summed E-state index contributed by atoms with van der Waals surface area (Å²) >= 11 is 0. The second-order valence-electron chi connectivity index (χ2n) is 8.31. The Morgan fingerprint density at radius 1 is 0.694 bits per heavy atom. The Kier molecular flexibility index (Phi) is 10.1. The van der Waals surface area contributed by atoms with E-state index in [1.54, 1.807) is 10.9 Å². The highest BCUT2D eigenvalue weighted by Crippen LogP contribution is 2.54. The van der Waals surface area contributed by atoms with Crippen molar-refractivity contribution in [2.45, 2.75) is 102 Å². The third kappa shape index (κ3) is 7.56. The number of aryl methyl sites for hydroxylation is 2. The van der Waals surface area contributed by atoms with Gasteiger partial charge >= 0.3 is 23.9 Å². The molecule has 0 N–H and O–H groups in total. The molecule has 0 aliphatic rings. The van der Waals surface area contributed by atoms with E-state index >= 15 is 0 Å². The molecule has 0 fully saturated rings. The van der Waals surface area contributed by atoms with Gasteiger partial charge in [0.25, 0.3) is 0 Å². The molecule has 2 heterocycles. The highest BCUT2D eigenvalue weighted by atomic mass is 19.4. The average Bonchev–Trinajstić information content (AvgIpc) is 3.43. The number of hydrogen-bond acceptors (Lipinski definition) is 5. The van der Waals surface area contributed by atoms with Crippen molar-refractivity contribution in [3.63, 3.8) is 0 Å². The fraction of sp³-hybridized carbons (Fsp3) is 0.800. The maximum atomic E-state index is 13.6. The van der Waals surface area contributed by atoms with Gasteiger partial charge in [-0.1, -0.05) is 49.5 Å². The molecular weight excluding hydrogens is 511 g/mol. The first-order valence-corrected chi connectivity index (χ1v) is 11.3. The quantitative estimate of drug-likeness (QED) is 0.200. The first-order chi connectivity index (χ1) is 16.7. The monoisotopic (exact) mass is 538 g/mol. The Morgan fingerprint density at radius 2 is 1.19 bits per heavy atom. The van der Waals surface area contributed by atoms with Crippen LogP contribution in [0.2, 0.25) is 0 Å². The fourth-order valence-corrected chi connectivity index (χ4v) is 3.16. The van der Waals surface area contributed by atoms with E-state index in [0.29, 0.717) is 16.9 Å². The number of halogens is 9. The zero-order valence-corrected chi connectivity index (χ0v) is 19.4. The molecule has 0 radical (unpaired) electrons. The molecule has 0 saturated heterocycles. The van der Waals surface area contributed by atoms with Crippen molar-refractivity contribution in [2.24, 2.45) is 0 Å². The summed E-state index contributed by atoms with van der Waals surface area (Å²) in [6.45, 7) is 1.61. The lowest BCUT2D eigenvalue weighted by molar-refractivity contribution is -0.397. The third-order valence-electron chi connectivity index (χ3n) is 5.28. The molecule has 2 aromatic heterocycles. The van der Waals surface area contributed by atoms with Crippen LogP contribution in [0.4, 0.5) is 39.5 Å². The van der Waals surface area contributed by atoms with Gasteiger partial charge in [0.15, 0.2) is 0 Å². The standard InChI is InChI=1S/C20H27F9N6O/c1-2-3-4-5-6-7-9-34-11-15(30-32-34)13-36-14-16-12-35(33-31-16)10-8-17(21,22)18(23,24)19(25,26)20(27,28)29/h11-12H,2-10,13-14H2,1H3. The minimum absolute atomic E-state index is 0.0280. The second kappa shape index (κ2) is 12.2. The van der Waals surface area contributed by atoms with E-state index in [1.807, 2.05) is 0 Å². The molecule has 0 aliphatic carbocycles. The van der Waals surface area contributed by atoms with Crippen LogP contribution in [-0.4, -0.2) is 53.9 Å². The predicted molar refractivity (Wildman–Crippen MR) is 107 cm³/mol. The van der Waals surface area contributed by atoms with E-state index in [2.05, 4.69) is 27.5 Å². The summed E-state index contributed by atoms with van der Waals surface area (Å²) in [6, 6.07) is 0. The van der Waals surface area contributed by atoms with E-state index in [4.69, 9.17) is 4.74 Å². The van der Waals surface area contributed by atoms with Gasteiger partial charge in [0, 0.05) is 19.5 Å². The summed E-state index contributed by atoms with van der Waals surface area (Å²) in [5.74, 6) is -19.2. The van der Waals surface area contributed by atoms with Crippen LogP contribution in [0.3, 0.4) is 0 Å². The summed E-state index contributed by atoms with van der Waals surface area (Å²) in [5, 5.41) is 14.9. The minimum Gasteiger partial charge on any atom is -0.369 e. The summed E-state index contributed by atoms with van der Waals surface area (Å²) < 4.78 is 124. The molecule has 36 heavy (non-hydrogen) atoms. The number of rotatable bonds is 16. The first-order valence-electron chi connectivity index (χ1n) is 11.3. The molecule has 16 heteroatoms. The number of ether oxygens (including phenoxy) is 1. The van der Waals surface area contributed by atoms with Gasteiger partial charge in [-0.05, 0) is 6.42 Å². The van der Waals surface area contributed by atoms with Crippen LogP contribution in [0.1, 0.15) is 63.3 Å². The van der Waals surface area contributed by atoms with Gasteiger partial charge < -0.3 is 4.74 Å². The maximum Gasteiger partial charge on any atom is 0.460 e. The lowest BCUT2D eigenvalue weighted by Crippen LogP contribution is -2.61. The average molecular weight is 538 g/mol. The van der Waals surface area contributed by atoms with Gasteiger partial charge in [0.05, 0.1) is 25.6 Å². The van der Waals surface area contributed by atoms with Gasteiger partial charge in [-0.2, -0.15) is 39.5 Å². The highest BCUT2D eigenvalue weighted by Gasteiger charge is 2.81. The lowest BCUT2D eigenvalue weighted by atomic mass is 10.0. The lowest BCUT2D eigenvalue weighted by Gasteiger charge is -2.33. The Bertz CT molecular complexity index is 929. The summed E-state index contributed by atoms with van der Waals surface area (Å²) in [5.41, 5.74) is 0.603. The Hall–Kier alpha value is -2.39. The van der Waals surface area contributed by atoms with Crippen molar-refractivity contribution < 1.29 is 44.3 Å². The van der Waals surface area contributed by atoms with Crippen LogP contribution >= 0.6 is 0 Å². The SMILES string of the molecule is CCCCCCCCn1cc(COCc2cn(CCC(F)(F)C(F)(F)C(F)(F)C(F)(F)F)nn2)nn1. The van der Waals surface area contributed by atoms with Crippen LogP contribution in [-0.2, 0) is 31.0 Å². The Labute approximate surface area is 201 Å². The van der Waals surface area contributed by atoms with Gasteiger partial charge in [0.2, 0.25) is 0 Å². The molecule has 2 aromatic rings. The van der Waals surface area contributed by atoms with Crippen molar-refractivity contribution in [1.82, 2.24) is 30.0 Å². The van der Waals surface area contributed by atoms with Gasteiger partial charge in [-0.15, -0.1) is 10.2 Å². The topological polar surface area (TPSA) is 70.7 Å². The Morgan fingerprint density at radius 3 is 1.72 bits per heavy atom. The number of alkyl halides is 9. The van der Waals surface area contributed by atoms with E-state index in [0.717, 1.165) is 25.5 Å². The van der Waals surface area contributed by atoms with E-state index in [1.165, 1.54) is 19.3 Å². The van der Waals surface area contributed by atoms with Crippen LogP contribution < -0.4 is 0 Å². The molecule has 0 aromatic carbocycles. The molecule has 2 rings (SSSR count). The molecule has 0 amide bonds. The molecule has 0 unspecified atom stereocenters. The number of hydrogen-bond donors (Lipinski definition) is 0. The molecule has 0 saturated carbocycles. The van der Waals surface area contributed by atoms with Gasteiger partial charge in [0.1, 0.15) is 11.4 Å². The van der Waals surface area contributed by atoms with Crippen LogP contribution in [0, 0.1) is 0 Å². The predicted octanol–water partition coefficient (Wildman–Crippen LogP) is 5.81. The van der Waals surface area contributed by atoms with Crippen LogP contribution in [0.5, 0.6) is 0 Å². The van der Waals surface area contributed by atoms with Crippen molar-refractivity contribution in [2.75, 3.05) is 0 Å². The summed E-state index contributed by atoms with van der Waals surface area (Å²) in [6.07, 6.45) is 0.596. The highest BCUT2D eigenvalue weighted by molar-refractivity contribution is 5.00. The third-order valence-corrected chi connectivity index (χ3v) is 5.28. The van der Waals surface area contributed by atoms with Crippen molar-refractivity contribution in [3.8, 4) is 0 Å².